The summed E-state index contributed by atoms with van der Waals surface area (Å²) >= 11 is 0. The van der Waals surface area contributed by atoms with Crippen molar-refractivity contribution in [3.8, 4) is 0 Å². The number of aromatic amines is 1. The predicted octanol–water partition coefficient (Wildman–Crippen LogP) is 1.20. The van der Waals surface area contributed by atoms with Crippen LogP contribution in [0.15, 0.2) is 24.5 Å². The largest absolute Gasteiger partial charge is 0.475 e. The zero-order valence-electron chi connectivity index (χ0n) is 8.01. The average Bonchev–Trinajstić information content (AvgIpc) is 2.73. The van der Waals surface area contributed by atoms with E-state index in [0.29, 0.717) is 22.1 Å². The maximum Gasteiger partial charge on any atom is 0.371 e. The Bertz CT molecular complexity index is 704. The number of carboxylic acid groups (broad SMARTS) is 1. The normalized spacial score (nSPS) is 11.0. The first-order valence-corrected chi connectivity index (χ1v) is 4.58. The van der Waals surface area contributed by atoms with Gasteiger partial charge < -0.3 is 10.1 Å². The second-order valence-electron chi connectivity index (χ2n) is 3.28. The Kier molecular flexibility index (Phi) is 1.64. The maximum atomic E-state index is 10.8. The molecule has 0 saturated heterocycles. The van der Waals surface area contributed by atoms with Gasteiger partial charge in [-0.05, 0) is 12.1 Å². The SMILES string of the molecule is O=C(O)c1nc2c(ccc3nccnc32)[nH]1. The molecular weight excluding hydrogens is 208 g/mol. The molecule has 0 aliphatic heterocycles. The number of hydrogen-bond acceptors (Lipinski definition) is 4. The molecule has 78 valence electrons. The number of aromatic nitrogens is 4. The van der Waals surface area contributed by atoms with Gasteiger partial charge in [0.1, 0.15) is 11.0 Å². The Balaban J connectivity index is 2.46. The number of benzene rings is 1. The average molecular weight is 214 g/mol. The Hall–Kier alpha value is -2.50. The minimum atomic E-state index is -1.09. The molecule has 0 fully saturated rings. The van der Waals surface area contributed by atoms with Crippen molar-refractivity contribution in [1.29, 1.82) is 0 Å². The van der Waals surface area contributed by atoms with Crippen LogP contribution in [-0.2, 0) is 0 Å². The van der Waals surface area contributed by atoms with Gasteiger partial charge in [0.25, 0.3) is 0 Å². The summed E-state index contributed by atoms with van der Waals surface area (Å²) in [6.07, 6.45) is 3.13. The number of fused-ring (bicyclic) bond motifs is 3. The molecule has 0 amide bonds. The predicted molar refractivity (Wildman–Crippen MR) is 56.1 cm³/mol. The molecule has 0 spiro atoms. The lowest BCUT2D eigenvalue weighted by molar-refractivity contribution is 0.0685. The molecule has 0 radical (unpaired) electrons. The summed E-state index contributed by atoms with van der Waals surface area (Å²) in [5.41, 5.74) is 2.47. The Morgan fingerprint density at radius 1 is 1.19 bits per heavy atom. The Labute approximate surface area is 89.0 Å². The zero-order chi connectivity index (χ0) is 11.1. The standard InChI is InChI=1S/C10H6N4O2/c15-10(16)9-13-6-2-1-5-7(8(6)14-9)12-4-3-11-5/h1-4H,(H,13,14)(H,15,16). The molecule has 1 aromatic carbocycles. The molecule has 0 atom stereocenters. The summed E-state index contributed by atoms with van der Waals surface area (Å²) < 4.78 is 0. The third-order valence-electron chi connectivity index (χ3n) is 2.29. The summed E-state index contributed by atoms with van der Waals surface area (Å²) in [6, 6.07) is 3.51. The van der Waals surface area contributed by atoms with Crippen LogP contribution in [0.1, 0.15) is 10.6 Å². The van der Waals surface area contributed by atoms with Crippen LogP contribution in [0.4, 0.5) is 0 Å². The van der Waals surface area contributed by atoms with Crippen molar-refractivity contribution in [3.63, 3.8) is 0 Å². The number of carboxylic acids is 1. The highest BCUT2D eigenvalue weighted by atomic mass is 16.4. The minimum absolute atomic E-state index is 0.0897. The minimum Gasteiger partial charge on any atom is -0.475 e. The van der Waals surface area contributed by atoms with Gasteiger partial charge in [0.2, 0.25) is 5.82 Å². The summed E-state index contributed by atoms with van der Waals surface area (Å²) in [5, 5.41) is 8.83. The van der Waals surface area contributed by atoms with Gasteiger partial charge in [-0.3, -0.25) is 9.97 Å². The first-order chi connectivity index (χ1) is 7.75. The molecule has 2 heterocycles. The van der Waals surface area contributed by atoms with E-state index in [1.807, 2.05) is 0 Å². The summed E-state index contributed by atoms with van der Waals surface area (Å²) in [6.45, 7) is 0. The number of hydrogen-bond donors (Lipinski definition) is 2. The highest BCUT2D eigenvalue weighted by molar-refractivity contribution is 6.01. The van der Waals surface area contributed by atoms with Gasteiger partial charge in [0, 0.05) is 12.4 Å². The van der Waals surface area contributed by atoms with Gasteiger partial charge in [-0.25, -0.2) is 9.78 Å². The molecule has 0 aliphatic rings. The smallest absolute Gasteiger partial charge is 0.371 e. The van der Waals surface area contributed by atoms with E-state index in [0.717, 1.165) is 0 Å². The van der Waals surface area contributed by atoms with Gasteiger partial charge in [-0.15, -0.1) is 0 Å². The molecule has 2 aromatic heterocycles. The van der Waals surface area contributed by atoms with Crippen molar-refractivity contribution in [2.75, 3.05) is 0 Å². The molecule has 0 aliphatic carbocycles. The lowest BCUT2D eigenvalue weighted by atomic mass is 10.2. The van der Waals surface area contributed by atoms with Crippen LogP contribution in [0, 0.1) is 0 Å². The number of carbonyl (C=O) groups is 1. The molecule has 0 unspecified atom stereocenters. The summed E-state index contributed by atoms with van der Waals surface area (Å²) in [4.78, 5) is 25.7. The monoisotopic (exact) mass is 214 g/mol. The van der Waals surface area contributed by atoms with Gasteiger partial charge in [-0.1, -0.05) is 0 Å². The van der Waals surface area contributed by atoms with Crippen LogP contribution in [0.25, 0.3) is 22.1 Å². The van der Waals surface area contributed by atoms with Gasteiger partial charge in [0.15, 0.2) is 0 Å². The van der Waals surface area contributed by atoms with Crippen LogP contribution >= 0.6 is 0 Å². The number of imidazole rings is 1. The summed E-state index contributed by atoms with van der Waals surface area (Å²) in [7, 11) is 0. The third kappa shape index (κ3) is 1.13. The molecule has 3 aromatic rings. The van der Waals surface area contributed by atoms with Crippen molar-refractivity contribution in [2.45, 2.75) is 0 Å². The first-order valence-electron chi connectivity index (χ1n) is 4.58. The van der Waals surface area contributed by atoms with Crippen molar-refractivity contribution in [1.82, 2.24) is 19.9 Å². The van der Waals surface area contributed by atoms with E-state index >= 15 is 0 Å². The van der Waals surface area contributed by atoms with E-state index in [4.69, 9.17) is 5.11 Å². The highest BCUT2D eigenvalue weighted by Gasteiger charge is 2.12. The second-order valence-corrected chi connectivity index (χ2v) is 3.28. The number of aromatic carboxylic acids is 1. The van der Waals surface area contributed by atoms with Crippen LogP contribution < -0.4 is 0 Å². The molecule has 2 N–H and O–H groups in total. The second kappa shape index (κ2) is 2.99. The van der Waals surface area contributed by atoms with Crippen LogP contribution in [0.5, 0.6) is 0 Å². The van der Waals surface area contributed by atoms with Crippen molar-refractivity contribution in [2.24, 2.45) is 0 Å². The van der Waals surface area contributed by atoms with E-state index in [1.165, 1.54) is 0 Å². The van der Waals surface area contributed by atoms with E-state index in [1.54, 1.807) is 24.5 Å². The molecule has 0 bridgehead atoms. The first kappa shape index (κ1) is 8.78. The van der Waals surface area contributed by atoms with Crippen molar-refractivity contribution in [3.05, 3.63) is 30.4 Å². The lowest BCUT2D eigenvalue weighted by Gasteiger charge is -1.94. The fourth-order valence-electron chi connectivity index (χ4n) is 1.60. The molecule has 16 heavy (non-hydrogen) atoms. The third-order valence-corrected chi connectivity index (χ3v) is 2.29. The molecule has 3 rings (SSSR count). The fraction of sp³-hybridized carbons (Fsp3) is 0. The Morgan fingerprint density at radius 3 is 2.81 bits per heavy atom. The fourth-order valence-corrected chi connectivity index (χ4v) is 1.60. The van der Waals surface area contributed by atoms with Crippen molar-refractivity contribution < 1.29 is 9.90 Å². The number of rotatable bonds is 1. The van der Waals surface area contributed by atoms with Crippen LogP contribution in [0.3, 0.4) is 0 Å². The number of nitrogens with one attached hydrogen (secondary N) is 1. The van der Waals surface area contributed by atoms with E-state index in [9.17, 15) is 4.79 Å². The molecule has 6 nitrogen and oxygen atoms in total. The Morgan fingerprint density at radius 2 is 2.00 bits per heavy atom. The number of H-pyrrole nitrogens is 1. The van der Waals surface area contributed by atoms with E-state index in [2.05, 4.69) is 19.9 Å². The number of nitrogens with zero attached hydrogens (tertiary/aromatic N) is 3. The quantitative estimate of drug-likeness (QED) is 0.635. The molecule has 6 heteroatoms. The van der Waals surface area contributed by atoms with E-state index < -0.39 is 5.97 Å². The topological polar surface area (TPSA) is 91.8 Å². The summed E-state index contributed by atoms with van der Waals surface area (Å²) in [5.74, 6) is -1.18. The maximum absolute atomic E-state index is 10.8. The van der Waals surface area contributed by atoms with E-state index in [-0.39, 0.29) is 5.82 Å². The zero-order valence-corrected chi connectivity index (χ0v) is 8.01. The molecule has 0 saturated carbocycles. The van der Waals surface area contributed by atoms with Crippen LogP contribution in [0.2, 0.25) is 0 Å². The van der Waals surface area contributed by atoms with Crippen LogP contribution in [-0.4, -0.2) is 31.0 Å². The van der Waals surface area contributed by atoms with Gasteiger partial charge in [-0.2, -0.15) is 0 Å². The van der Waals surface area contributed by atoms with Gasteiger partial charge >= 0.3 is 5.97 Å². The molecular formula is C10H6N4O2. The van der Waals surface area contributed by atoms with Crippen molar-refractivity contribution >= 4 is 28.0 Å². The lowest BCUT2D eigenvalue weighted by Crippen LogP contribution is -1.97. The highest BCUT2D eigenvalue weighted by Crippen LogP contribution is 2.19. The van der Waals surface area contributed by atoms with Gasteiger partial charge in [0.05, 0.1) is 11.0 Å².